The number of nitrogens with zero attached hydrogens (tertiary/aromatic N) is 2. The van der Waals surface area contributed by atoms with Crippen LogP contribution in [-0.2, 0) is 11.3 Å². The minimum Gasteiger partial charge on any atom is -0.346 e. The van der Waals surface area contributed by atoms with Crippen LogP contribution in [-0.4, -0.2) is 22.5 Å². The normalized spacial score (nSPS) is 10.3. The van der Waals surface area contributed by atoms with Gasteiger partial charge in [-0.3, -0.25) is 4.79 Å². The van der Waals surface area contributed by atoms with Crippen LogP contribution in [0.3, 0.4) is 0 Å². The average Bonchev–Trinajstić information content (AvgIpc) is 2.63. The lowest BCUT2D eigenvalue weighted by Crippen LogP contribution is -2.17. The molecule has 0 saturated carbocycles. The van der Waals surface area contributed by atoms with Gasteiger partial charge in [-0.1, -0.05) is 12.1 Å². The first-order valence-corrected chi connectivity index (χ1v) is 4.41. The minimum absolute atomic E-state index is 0.573. The molecule has 14 heavy (non-hydrogen) atoms. The number of nitrogens with one attached hydrogen (secondary N) is 1. The molecular formula is C10H10N3O. The van der Waals surface area contributed by atoms with Crippen molar-refractivity contribution in [1.29, 1.82) is 0 Å². The molecule has 1 amide bonds. The SMILES string of the molecule is O=[C]NCCn1cnc2ccccc21. The monoisotopic (exact) mass is 188 g/mol. The van der Waals surface area contributed by atoms with Crippen LogP contribution in [0, 0.1) is 0 Å². The van der Waals surface area contributed by atoms with Gasteiger partial charge in [0.15, 0.2) is 0 Å². The molecule has 4 nitrogen and oxygen atoms in total. The summed E-state index contributed by atoms with van der Waals surface area (Å²) in [5, 5.41) is 2.50. The molecule has 0 atom stereocenters. The van der Waals surface area contributed by atoms with E-state index in [0.29, 0.717) is 6.54 Å². The van der Waals surface area contributed by atoms with E-state index in [-0.39, 0.29) is 0 Å². The molecule has 1 heterocycles. The third-order valence-corrected chi connectivity index (χ3v) is 2.08. The number of rotatable bonds is 4. The van der Waals surface area contributed by atoms with Crippen LogP contribution in [0.15, 0.2) is 30.6 Å². The molecule has 1 N–H and O–H groups in total. The van der Waals surface area contributed by atoms with Crippen LogP contribution in [0.5, 0.6) is 0 Å². The maximum Gasteiger partial charge on any atom is 0.309 e. The Kier molecular flexibility index (Phi) is 2.44. The van der Waals surface area contributed by atoms with E-state index in [1.807, 2.05) is 28.8 Å². The molecule has 0 aliphatic carbocycles. The number of fused-ring (bicyclic) bond motifs is 1. The van der Waals surface area contributed by atoms with Gasteiger partial charge in [-0.2, -0.15) is 0 Å². The molecule has 0 aliphatic rings. The first-order valence-electron chi connectivity index (χ1n) is 4.41. The van der Waals surface area contributed by atoms with Crippen molar-refractivity contribution in [3.63, 3.8) is 0 Å². The van der Waals surface area contributed by atoms with Crippen LogP contribution in [0.4, 0.5) is 0 Å². The van der Waals surface area contributed by atoms with Crippen molar-refractivity contribution in [3.8, 4) is 0 Å². The van der Waals surface area contributed by atoms with E-state index in [4.69, 9.17) is 0 Å². The van der Waals surface area contributed by atoms with E-state index < -0.39 is 0 Å². The van der Waals surface area contributed by atoms with Crippen molar-refractivity contribution in [2.24, 2.45) is 0 Å². The number of hydrogen-bond acceptors (Lipinski definition) is 2. The van der Waals surface area contributed by atoms with Gasteiger partial charge in [0.25, 0.3) is 0 Å². The molecule has 2 rings (SSSR count). The Hall–Kier alpha value is -1.84. The Bertz CT molecular complexity index is 436. The van der Waals surface area contributed by atoms with Gasteiger partial charge in [-0.15, -0.1) is 0 Å². The summed E-state index contributed by atoms with van der Waals surface area (Å²) < 4.78 is 2.00. The molecular weight excluding hydrogens is 178 g/mol. The standard InChI is InChI=1S/C10H10N3O/c14-8-11-5-6-13-7-12-9-3-1-2-4-10(9)13/h1-4,7H,5-6H2,(H,11,14). The van der Waals surface area contributed by atoms with Crippen molar-refractivity contribution < 1.29 is 4.79 Å². The van der Waals surface area contributed by atoms with Crippen LogP contribution >= 0.6 is 0 Å². The molecule has 2 aromatic rings. The lowest BCUT2D eigenvalue weighted by atomic mass is 10.3. The maximum absolute atomic E-state index is 9.94. The smallest absolute Gasteiger partial charge is 0.309 e. The van der Waals surface area contributed by atoms with E-state index in [1.54, 1.807) is 12.7 Å². The fourth-order valence-corrected chi connectivity index (χ4v) is 1.42. The zero-order valence-electron chi connectivity index (χ0n) is 7.60. The molecule has 4 heteroatoms. The first-order chi connectivity index (χ1) is 6.92. The Morgan fingerprint density at radius 2 is 2.29 bits per heavy atom. The fourth-order valence-electron chi connectivity index (χ4n) is 1.42. The predicted molar refractivity (Wildman–Crippen MR) is 53.4 cm³/mol. The van der Waals surface area contributed by atoms with Gasteiger partial charge in [0.2, 0.25) is 0 Å². The van der Waals surface area contributed by atoms with Crippen molar-refractivity contribution >= 4 is 17.4 Å². The molecule has 1 radical (unpaired) electrons. The third-order valence-electron chi connectivity index (χ3n) is 2.08. The van der Waals surface area contributed by atoms with Crippen molar-refractivity contribution in [2.45, 2.75) is 6.54 Å². The summed E-state index contributed by atoms with van der Waals surface area (Å²) in [5.41, 5.74) is 2.06. The van der Waals surface area contributed by atoms with Crippen molar-refractivity contribution in [3.05, 3.63) is 30.6 Å². The summed E-state index contributed by atoms with van der Waals surface area (Å²) in [6.07, 6.45) is 3.42. The fraction of sp³-hybridized carbons (Fsp3) is 0.200. The highest BCUT2D eigenvalue weighted by molar-refractivity contribution is 5.74. The molecule has 1 aromatic heterocycles. The second-order valence-corrected chi connectivity index (χ2v) is 2.96. The number of benzene rings is 1. The topological polar surface area (TPSA) is 46.9 Å². The Morgan fingerprint density at radius 1 is 1.43 bits per heavy atom. The van der Waals surface area contributed by atoms with Crippen LogP contribution in [0.1, 0.15) is 0 Å². The number of amides is 1. The van der Waals surface area contributed by atoms with E-state index in [2.05, 4.69) is 10.3 Å². The van der Waals surface area contributed by atoms with Gasteiger partial charge in [-0.25, -0.2) is 4.98 Å². The second-order valence-electron chi connectivity index (χ2n) is 2.96. The van der Waals surface area contributed by atoms with Gasteiger partial charge in [0, 0.05) is 13.1 Å². The van der Waals surface area contributed by atoms with Crippen LogP contribution in [0.2, 0.25) is 0 Å². The Morgan fingerprint density at radius 3 is 3.14 bits per heavy atom. The van der Waals surface area contributed by atoms with Crippen LogP contribution < -0.4 is 5.32 Å². The molecule has 0 unspecified atom stereocenters. The highest BCUT2D eigenvalue weighted by atomic mass is 16.1. The highest BCUT2D eigenvalue weighted by Gasteiger charge is 1.99. The maximum atomic E-state index is 9.94. The largest absolute Gasteiger partial charge is 0.346 e. The zero-order chi connectivity index (χ0) is 9.80. The lowest BCUT2D eigenvalue weighted by Gasteiger charge is -2.01. The van der Waals surface area contributed by atoms with Gasteiger partial charge in [0.05, 0.1) is 17.4 Å². The summed E-state index contributed by atoms with van der Waals surface area (Å²) in [4.78, 5) is 14.2. The molecule has 0 spiro atoms. The van der Waals surface area contributed by atoms with Gasteiger partial charge < -0.3 is 9.88 Å². The Labute approximate surface area is 81.6 Å². The van der Waals surface area contributed by atoms with E-state index in [9.17, 15) is 4.79 Å². The quantitative estimate of drug-likeness (QED) is 0.567. The molecule has 0 saturated heterocycles. The lowest BCUT2D eigenvalue weighted by molar-refractivity contribution is 0.537. The molecule has 71 valence electrons. The molecule has 0 aliphatic heterocycles. The summed E-state index contributed by atoms with van der Waals surface area (Å²) >= 11 is 0. The number of carbonyl (C=O) groups excluding carboxylic acids is 1. The average molecular weight is 188 g/mol. The summed E-state index contributed by atoms with van der Waals surface area (Å²) in [5.74, 6) is 0. The Balaban J connectivity index is 2.20. The number of para-hydroxylation sites is 2. The van der Waals surface area contributed by atoms with Crippen molar-refractivity contribution in [1.82, 2.24) is 14.9 Å². The molecule has 0 bridgehead atoms. The third kappa shape index (κ3) is 1.59. The number of imidazole rings is 1. The van der Waals surface area contributed by atoms with E-state index in [1.165, 1.54) is 0 Å². The first kappa shape index (κ1) is 8.74. The molecule has 0 fully saturated rings. The summed E-state index contributed by atoms with van der Waals surface area (Å²) in [7, 11) is 0. The van der Waals surface area contributed by atoms with Crippen LogP contribution in [0.25, 0.3) is 11.0 Å². The van der Waals surface area contributed by atoms with E-state index >= 15 is 0 Å². The summed E-state index contributed by atoms with van der Waals surface area (Å²) in [6.45, 7) is 1.29. The second kappa shape index (κ2) is 3.91. The summed E-state index contributed by atoms with van der Waals surface area (Å²) in [6, 6.07) is 7.90. The zero-order valence-corrected chi connectivity index (χ0v) is 7.60. The van der Waals surface area contributed by atoms with Crippen molar-refractivity contribution in [2.75, 3.05) is 6.54 Å². The van der Waals surface area contributed by atoms with E-state index in [0.717, 1.165) is 17.6 Å². The predicted octanol–water partition coefficient (Wildman–Crippen LogP) is 0.693. The van der Waals surface area contributed by atoms with Gasteiger partial charge in [-0.05, 0) is 12.1 Å². The minimum atomic E-state index is 0.573. The highest BCUT2D eigenvalue weighted by Crippen LogP contribution is 2.10. The number of aromatic nitrogens is 2. The molecule has 1 aromatic carbocycles. The van der Waals surface area contributed by atoms with Gasteiger partial charge >= 0.3 is 6.41 Å². The van der Waals surface area contributed by atoms with Gasteiger partial charge in [0.1, 0.15) is 0 Å². The number of hydrogen-bond donors (Lipinski definition) is 1.